The highest BCUT2D eigenvalue weighted by molar-refractivity contribution is 5.79. The molecule has 1 aromatic rings. The maximum absolute atomic E-state index is 9.51. The van der Waals surface area contributed by atoms with Gasteiger partial charge < -0.3 is 10.0 Å². The molecule has 2 nitrogen and oxygen atoms in total. The van der Waals surface area contributed by atoms with Gasteiger partial charge in [-0.2, -0.15) is 0 Å². The van der Waals surface area contributed by atoms with Gasteiger partial charge in [-0.3, -0.25) is 0 Å². The summed E-state index contributed by atoms with van der Waals surface area (Å²) in [5.74, 6) is 0.353. The summed E-state index contributed by atoms with van der Waals surface area (Å²) in [6, 6.07) is 8.21. The molecule has 3 rings (SSSR count). The van der Waals surface area contributed by atoms with Crippen LogP contribution in [0.5, 0.6) is 0 Å². The zero-order chi connectivity index (χ0) is 10.3. The van der Waals surface area contributed by atoms with Gasteiger partial charge in [-0.1, -0.05) is 24.3 Å². The van der Waals surface area contributed by atoms with Crippen LogP contribution >= 0.6 is 0 Å². The van der Waals surface area contributed by atoms with E-state index in [1.165, 1.54) is 11.1 Å². The molecule has 0 aromatic heterocycles. The number of nitrogens with zero attached hydrogens (tertiary/aromatic N) is 1. The summed E-state index contributed by atoms with van der Waals surface area (Å²) in [6.45, 7) is 0.739. The average Bonchev–Trinajstić information content (AvgIpc) is 2.29. The number of benzene rings is 1. The van der Waals surface area contributed by atoms with Crippen LogP contribution in [-0.2, 0) is 0 Å². The van der Waals surface area contributed by atoms with Gasteiger partial charge in [0, 0.05) is 24.4 Å². The zero-order valence-corrected chi connectivity index (χ0v) is 8.22. The molecule has 0 bridgehead atoms. The molecule has 2 heteroatoms. The van der Waals surface area contributed by atoms with Gasteiger partial charge in [0.2, 0.25) is 0 Å². The highest BCUT2D eigenvalue weighted by Gasteiger charge is 2.18. The normalized spacial score (nSPS) is 17.7. The van der Waals surface area contributed by atoms with Crippen LogP contribution in [0.15, 0.2) is 48.4 Å². The van der Waals surface area contributed by atoms with Crippen molar-refractivity contribution in [2.45, 2.75) is 0 Å². The van der Waals surface area contributed by atoms with E-state index in [0.717, 1.165) is 12.2 Å². The predicted octanol–water partition coefficient (Wildman–Crippen LogP) is 2.77. The summed E-state index contributed by atoms with van der Waals surface area (Å²) in [5, 5.41) is 9.51. The molecular weight excluding hydrogens is 186 g/mol. The molecule has 0 spiro atoms. The predicted molar refractivity (Wildman–Crippen MR) is 60.9 cm³/mol. The summed E-state index contributed by atoms with van der Waals surface area (Å²) in [4.78, 5) is 2.13. The lowest BCUT2D eigenvalue weighted by Crippen LogP contribution is -2.21. The van der Waals surface area contributed by atoms with Crippen LogP contribution < -0.4 is 0 Å². The third kappa shape index (κ3) is 1.26. The molecule has 2 aliphatic rings. The van der Waals surface area contributed by atoms with Crippen molar-refractivity contribution in [1.29, 1.82) is 0 Å². The lowest BCUT2D eigenvalue weighted by molar-refractivity contribution is 0.417. The number of aliphatic hydroxyl groups is 1. The molecule has 0 unspecified atom stereocenters. The Hall–Kier alpha value is -1.96. The van der Waals surface area contributed by atoms with E-state index < -0.39 is 0 Å². The third-order valence-electron chi connectivity index (χ3n) is 2.76. The SMILES string of the molecule is OC1=CCN2C=Cc3ccccc3C2=C1. The van der Waals surface area contributed by atoms with Crippen molar-refractivity contribution in [2.24, 2.45) is 0 Å². The molecule has 1 N–H and O–H groups in total. The number of aliphatic hydroxyl groups excluding tert-OH is 1. The molecule has 0 radical (unpaired) electrons. The van der Waals surface area contributed by atoms with E-state index in [1.807, 2.05) is 24.3 Å². The number of hydrogen-bond donors (Lipinski definition) is 1. The molecule has 0 saturated heterocycles. The molecule has 15 heavy (non-hydrogen) atoms. The first-order chi connectivity index (χ1) is 7.34. The minimum atomic E-state index is 0.353. The van der Waals surface area contributed by atoms with E-state index >= 15 is 0 Å². The highest BCUT2D eigenvalue weighted by Crippen LogP contribution is 2.31. The van der Waals surface area contributed by atoms with E-state index in [-0.39, 0.29) is 0 Å². The maximum atomic E-state index is 9.51. The molecule has 74 valence electrons. The number of rotatable bonds is 0. The third-order valence-corrected chi connectivity index (χ3v) is 2.76. The molecule has 0 aliphatic carbocycles. The number of hydrogen-bond acceptors (Lipinski definition) is 2. The second kappa shape index (κ2) is 3.02. The van der Waals surface area contributed by atoms with Crippen LogP contribution in [0.25, 0.3) is 11.8 Å². The van der Waals surface area contributed by atoms with Crippen molar-refractivity contribution in [2.75, 3.05) is 6.54 Å². The van der Waals surface area contributed by atoms with Crippen molar-refractivity contribution in [3.63, 3.8) is 0 Å². The highest BCUT2D eigenvalue weighted by atomic mass is 16.3. The molecule has 2 aliphatic heterocycles. The summed E-state index contributed by atoms with van der Waals surface area (Å²) >= 11 is 0. The largest absolute Gasteiger partial charge is 0.508 e. The van der Waals surface area contributed by atoms with Gasteiger partial charge in [0.1, 0.15) is 5.76 Å². The van der Waals surface area contributed by atoms with E-state index in [9.17, 15) is 5.11 Å². The van der Waals surface area contributed by atoms with Crippen molar-refractivity contribution in [3.05, 3.63) is 59.5 Å². The first kappa shape index (κ1) is 8.36. The lowest BCUT2D eigenvalue weighted by Gasteiger charge is -2.29. The molecule has 0 amide bonds. The molecular formula is C13H11NO. The Morgan fingerprint density at radius 1 is 1.20 bits per heavy atom. The second-order valence-corrected chi connectivity index (χ2v) is 3.71. The Morgan fingerprint density at radius 2 is 2.07 bits per heavy atom. The van der Waals surface area contributed by atoms with Crippen LogP contribution in [-0.4, -0.2) is 16.6 Å². The van der Waals surface area contributed by atoms with E-state index in [0.29, 0.717) is 5.76 Å². The van der Waals surface area contributed by atoms with E-state index in [2.05, 4.69) is 29.3 Å². The Labute approximate surface area is 88.5 Å². The number of fused-ring (bicyclic) bond motifs is 3. The maximum Gasteiger partial charge on any atom is 0.115 e. The minimum absolute atomic E-state index is 0.353. The van der Waals surface area contributed by atoms with Gasteiger partial charge in [0.25, 0.3) is 0 Å². The van der Waals surface area contributed by atoms with Gasteiger partial charge in [0.15, 0.2) is 0 Å². The fourth-order valence-electron chi connectivity index (χ4n) is 1.99. The number of allylic oxidation sites excluding steroid dienone is 1. The molecule has 0 fully saturated rings. The lowest BCUT2D eigenvalue weighted by atomic mass is 9.98. The van der Waals surface area contributed by atoms with Gasteiger partial charge in [-0.15, -0.1) is 0 Å². The summed E-state index contributed by atoms with van der Waals surface area (Å²) in [7, 11) is 0. The summed E-state index contributed by atoms with van der Waals surface area (Å²) < 4.78 is 0. The van der Waals surface area contributed by atoms with Gasteiger partial charge in [0.05, 0.1) is 5.70 Å². The molecule has 0 saturated carbocycles. The van der Waals surface area contributed by atoms with Crippen LogP contribution in [0.1, 0.15) is 11.1 Å². The Balaban J connectivity index is 2.20. The van der Waals surface area contributed by atoms with E-state index in [4.69, 9.17) is 0 Å². The molecule has 1 aromatic carbocycles. The van der Waals surface area contributed by atoms with E-state index in [1.54, 1.807) is 0 Å². The second-order valence-electron chi connectivity index (χ2n) is 3.71. The van der Waals surface area contributed by atoms with Gasteiger partial charge in [-0.05, 0) is 17.7 Å². The first-order valence-electron chi connectivity index (χ1n) is 5.00. The minimum Gasteiger partial charge on any atom is -0.508 e. The van der Waals surface area contributed by atoms with Crippen LogP contribution in [0, 0.1) is 0 Å². The monoisotopic (exact) mass is 197 g/mol. The van der Waals surface area contributed by atoms with Crippen molar-refractivity contribution in [3.8, 4) is 0 Å². The molecule has 0 atom stereocenters. The van der Waals surface area contributed by atoms with Gasteiger partial charge >= 0.3 is 0 Å². The van der Waals surface area contributed by atoms with Crippen molar-refractivity contribution in [1.82, 2.24) is 4.90 Å². The van der Waals surface area contributed by atoms with Crippen molar-refractivity contribution >= 4 is 11.8 Å². The topological polar surface area (TPSA) is 23.5 Å². The molecule has 2 heterocycles. The smallest absolute Gasteiger partial charge is 0.115 e. The fourth-order valence-corrected chi connectivity index (χ4v) is 1.99. The fraction of sp³-hybridized carbons (Fsp3) is 0.0769. The average molecular weight is 197 g/mol. The van der Waals surface area contributed by atoms with Gasteiger partial charge in [-0.25, -0.2) is 0 Å². The quantitative estimate of drug-likeness (QED) is 0.691. The Bertz CT molecular complexity index is 497. The van der Waals surface area contributed by atoms with Crippen molar-refractivity contribution < 1.29 is 5.11 Å². The standard InChI is InChI=1S/C13H11NO/c15-11-6-8-14-7-5-10-3-1-2-4-12(10)13(14)9-11/h1-7,9,15H,8H2. The Morgan fingerprint density at radius 3 is 3.00 bits per heavy atom. The summed E-state index contributed by atoms with van der Waals surface area (Å²) in [6.07, 6.45) is 7.77. The first-order valence-corrected chi connectivity index (χ1v) is 5.00. The van der Waals surface area contributed by atoms with Crippen LogP contribution in [0.3, 0.4) is 0 Å². The van der Waals surface area contributed by atoms with Crippen LogP contribution in [0.4, 0.5) is 0 Å². The summed E-state index contributed by atoms with van der Waals surface area (Å²) in [5.41, 5.74) is 3.46. The Kier molecular flexibility index (Phi) is 1.68. The zero-order valence-electron chi connectivity index (χ0n) is 8.22. The van der Waals surface area contributed by atoms with Crippen LogP contribution in [0.2, 0.25) is 0 Å².